The summed E-state index contributed by atoms with van der Waals surface area (Å²) >= 11 is 0. The van der Waals surface area contributed by atoms with Crippen LogP contribution in [0.2, 0.25) is 0 Å². The molecule has 0 bridgehead atoms. The molecule has 3 heterocycles. The molecule has 1 aliphatic heterocycles. The van der Waals surface area contributed by atoms with Crippen LogP contribution in [-0.2, 0) is 7.05 Å². The number of oxazole rings is 1. The fraction of sp³-hybridized carbons (Fsp3) is 0.545. The first kappa shape index (κ1) is 19.2. The lowest BCUT2D eigenvalue weighted by Gasteiger charge is -2.42. The zero-order valence-electron chi connectivity index (χ0n) is 17.4. The number of likely N-dealkylation sites (tertiary alicyclic amines) is 1. The number of fused-ring (bicyclic) bond motifs is 1. The molecule has 0 amide bonds. The van der Waals surface area contributed by atoms with Crippen molar-refractivity contribution in [2.24, 2.45) is 13.0 Å². The molecule has 1 aromatic carbocycles. The predicted octanol–water partition coefficient (Wildman–Crippen LogP) is 4.03. The summed E-state index contributed by atoms with van der Waals surface area (Å²) in [5.74, 6) is 1.36. The van der Waals surface area contributed by atoms with Gasteiger partial charge in [-0.2, -0.15) is 5.10 Å². The molecule has 3 aromatic rings. The van der Waals surface area contributed by atoms with Crippen molar-refractivity contribution in [3.05, 3.63) is 48.1 Å². The molecule has 1 fully saturated rings. The Labute approximate surface area is 167 Å². The van der Waals surface area contributed by atoms with Gasteiger partial charge < -0.3 is 4.42 Å². The molecule has 1 saturated heterocycles. The summed E-state index contributed by atoms with van der Waals surface area (Å²) in [4.78, 5) is 9.69. The van der Waals surface area contributed by atoms with Crippen LogP contribution in [0.4, 0.5) is 0 Å². The quantitative estimate of drug-likeness (QED) is 0.645. The number of aryl methyl sites for hydroxylation is 1. The maximum atomic E-state index is 6.02. The third-order valence-corrected chi connectivity index (χ3v) is 6.18. The largest absolute Gasteiger partial charge is 0.439 e. The van der Waals surface area contributed by atoms with E-state index in [1.807, 2.05) is 42.2 Å². The number of para-hydroxylation sites is 2. The molecule has 0 spiro atoms. The van der Waals surface area contributed by atoms with E-state index in [1.165, 1.54) is 18.4 Å². The van der Waals surface area contributed by atoms with Crippen LogP contribution in [0.25, 0.3) is 11.1 Å². The first-order valence-corrected chi connectivity index (χ1v) is 10.3. The Balaban J connectivity index is 1.53. The molecule has 3 atom stereocenters. The van der Waals surface area contributed by atoms with E-state index in [0.29, 0.717) is 12.0 Å². The highest BCUT2D eigenvalue weighted by molar-refractivity contribution is 5.72. The molecule has 2 aromatic heterocycles. The smallest absolute Gasteiger partial charge is 0.212 e. The second-order valence-electron chi connectivity index (χ2n) is 8.06. The summed E-state index contributed by atoms with van der Waals surface area (Å²) < 4.78 is 7.94. The molecular formula is C22H31N5O. The molecule has 0 saturated carbocycles. The average Bonchev–Trinajstić information content (AvgIpc) is 3.33. The van der Waals surface area contributed by atoms with Crippen molar-refractivity contribution in [2.75, 3.05) is 26.7 Å². The van der Waals surface area contributed by atoms with Crippen molar-refractivity contribution in [2.45, 2.75) is 38.8 Å². The molecule has 0 aliphatic carbocycles. The minimum absolute atomic E-state index is 0.138. The predicted molar refractivity (Wildman–Crippen MR) is 111 cm³/mol. The fourth-order valence-electron chi connectivity index (χ4n) is 4.56. The summed E-state index contributed by atoms with van der Waals surface area (Å²) in [6.07, 6.45) is 6.70. The van der Waals surface area contributed by atoms with E-state index in [4.69, 9.17) is 9.40 Å². The molecular weight excluding hydrogens is 350 g/mol. The van der Waals surface area contributed by atoms with Crippen LogP contribution in [0.5, 0.6) is 0 Å². The number of piperidine rings is 1. The van der Waals surface area contributed by atoms with Gasteiger partial charge >= 0.3 is 0 Å². The van der Waals surface area contributed by atoms with Crippen molar-refractivity contribution in [1.82, 2.24) is 24.6 Å². The van der Waals surface area contributed by atoms with Gasteiger partial charge in [-0.15, -0.1) is 0 Å². The van der Waals surface area contributed by atoms with E-state index in [2.05, 4.69) is 42.0 Å². The van der Waals surface area contributed by atoms with E-state index >= 15 is 0 Å². The van der Waals surface area contributed by atoms with Crippen molar-refractivity contribution < 1.29 is 4.42 Å². The Hall–Kier alpha value is -2.18. The third-order valence-electron chi connectivity index (χ3n) is 6.18. The summed E-state index contributed by atoms with van der Waals surface area (Å²) in [5.41, 5.74) is 3.12. The van der Waals surface area contributed by atoms with Gasteiger partial charge in [-0.05, 0) is 58.0 Å². The molecule has 150 valence electrons. The first-order valence-electron chi connectivity index (χ1n) is 10.3. The van der Waals surface area contributed by atoms with Crippen LogP contribution in [0, 0.1) is 5.92 Å². The second kappa shape index (κ2) is 8.05. The van der Waals surface area contributed by atoms with Gasteiger partial charge in [0.15, 0.2) is 5.58 Å². The van der Waals surface area contributed by atoms with Crippen molar-refractivity contribution in [3.63, 3.8) is 0 Å². The summed E-state index contributed by atoms with van der Waals surface area (Å²) in [5, 5.41) is 4.43. The van der Waals surface area contributed by atoms with Gasteiger partial charge in [0.25, 0.3) is 0 Å². The van der Waals surface area contributed by atoms with E-state index in [1.54, 1.807) is 0 Å². The molecule has 28 heavy (non-hydrogen) atoms. The van der Waals surface area contributed by atoms with Gasteiger partial charge in [0.1, 0.15) is 5.52 Å². The van der Waals surface area contributed by atoms with Gasteiger partial charge in [-0.1, -0.05) is 19.1 Å². The van der Waals surface area contributed by atoms with E-state index in [-0.39, 0.29) is 6.04 Å². The summed E-state index contributed by atoms with van der Waals surface area (Å²) in [7, 11) is 4.18. The van der Waals surface area contributed by atoms with Crippen molar-refractivity contribution >= 4 is 11.1 Å². The molecule has 0 unspecified atom stereocenters. The molecule has 6 heteroatoms. The van der Waals surface area contributed by atoms with Crippen LogP contribution in [0.15, 0.2) is 41.1 Å². The van der Waals surface area contributed by atoms with Gasteiger partial charge in [0.05, 0.1) is 12.2 Å². The number of hydrogen-bond acceptors (Lipinski definition) is 5. The third kappa shape index (κ3) is 3.71. The average molecular weight is 382 g/mol. The van der Waals surface area contributed by atoms with Crippen LogP contribution >= 0.6 is 0 Å². The molecule has 0 radical (unpaired) electrons. The maximum Gasteiger partial charge on any atom is 0.212 e. The Morgan fingerprint density at radius 1 is 1.32 bits per heavy atom. The van der Waals surface area contributed by atoms with Crippen molar-refractivity contribution in [3.8, 4) is 0 Å². The zero-order chi connectivity index (χ0) is 19.7. The monoisotopic (exact) mass is 381 g/mol. The van der Waals surface area contributed by atoms with Crippen LogP contribution < -0.4 is 0 Å². The number of nitrogens with zero attached hydrogens (tertiary/aromatic N) is 5. The zero-order valence-corrected chi connectivity index (χ0v) is 17.4. The topological polar surface area (TPSA) is 50.3 Å². The van der Waals surface area contributed by atoms with Crippen LogP contribution in [0.1, 0.15) is 50.2 Å². The fourth-order valence-corrected chi connectivity index (χ4v) is 4.56. The van der Waals surface area contributed by atoms with Crippen LogP contribution in [-0.4, -0.2) is 51.2 Å². The number of hydrogen-bond donors (Lipinski definition) is 0. The highest BCUT2D eigenvalue weighted by Gasteiger charge is 2.34. The lowest BCUT2D eigenvalue weighted by Crippen LogP contribution is -2.43. The Morgan fingerprint density at radius 2 is 2.14 bits per heavy atom. The van der Waals surface area contributed by atoms with Gasteiger partial charge in [0, 0.05) is 31.4 Å². The SMILES string of the molecule is CCN1CCC[C@@H](CN(C)[C@H](C)c2nc3ccccc3o2)[C@@H]1c1cnn(C)c1. The molecule has 6 nitrogen and oxygen atoms in total. The summed E-state index contributed by atoms with van der Waals surface area (Å²) in [6, 6.07) is 8.55. The standard InChI is InChI=1S/C22H31N5O/c1-5-27-12-8-9-17(21(27)18-13-23-26(4)15-18)14-25(3)16(2)22-24-19-10-6-7-11-20(19)28-22/h6-7,10-11,13,15-17,21H,5,8-9,12,14H2,1-4H3/t16-,17+,21-/m1/s1. The highest BCUT2D eigenvalue weighted by Crippen LogP contribution is 2.37. The minimum Gasteiger partial charge on any atom is -0.439 e. The van der Waals surface area contributed by atoms with Crippen molar-refractivity contribution in [1.29, 1.82) is 0 Å². The minimum atomic E-state index is 0.138. The summed E-state index contributed by atoms with van der Waals surface area (Å²) in [6.45, 7) is 7.69. The van der Waals surface area contributed by atoms with E-state index in [9.17, 15) is 0 Å². The van der Waals surface area contributed by atoms with E-state index in [0.717, 1.165) is 36.6 Å². The first-order chi connectivity index (χ1) is 13.6. The molecule has 0 N–H and O–H groups in total. The number of rotatable bonds is 6. The molecule has 4 rings (SSSR count). The second-order valence-corrected chi connectivity index (χ2v) is 8.06. The molecule has 1 aliphatic rings. The van der Waals surface area contributed by atoms with Crippen LogP contribution in [0.3, 0.4) is 0 Å². The van der Waals surface area contributed by atoms with Gasteiger partial charge in [-0.25, -0.2) is 4.98 Å². The van der Waals surface area contributed by atoms with Gasteiger partial charge in [0.2, 0.25) is 5.89 Å². The Bertz CT molecular complexity index is 883. The lowest BCUT2D eigenvalue weighted by molar-refractivity contribution is 0.0650. The Kier molecular flexibility index (Phi) is 5.51. The van der Waals surface area contributed by atoms with Gasteiger partial charge in [-0.3, -0.25) is 14.5 Å². The maximum absolute atomic E-state index is 6.02. The lowest BCUT2D eigenvalue weighted by atomic mass is 9.85. The normalized spacial score (nSPS) is 22.2. The highest BCUT2D eigenvalue weighted by atomic mass is 16.3. The van der Waals surface area contributed by atoms with E-state index < -0.39 is 0 Å². The Morgan fingerprint density at radius 3 is 2.86 bits per heavy atom. The number of aromatic nitrogens is 3. The number of benzene rings is 1.